The topological polar surface area (TPSA) is 69.4 Å². The lowest BCUT2D eigenvalue weighted by Gasteiger charge is -2.10. The highest BCUT2D eigenvalue weighted by molar-refractivity contribution is 7.90. The molecule has 0 aliphatic heterocycles. The van der Waals surface area contributed by atoms with Crippen LogP contribution in [0.5, 0.6) is 11.5 Å². The average molecular weight is 295 g/mol. The van der Waals surface area contributed by atoms with Gasteiger partial charge in [0.05, 0.1) is 4.90 Å². The van der Waals surface area contributed by atoms with Crippen LogP contribution in [0.4, 0.5) is 4.39 Å². The van der Waals surface area contributed by atoms with E-state index in [9.17, 15) is 12.8 Å². The Morgan fingerprint density at radius 1 is 1.15 bits per heavy atom. The fraction of sp³-hybridized carbons (Fsp3) is 0.143. The van der Waals surface area contributed by atoms with Crippen molar-refractivity contribution < 1.29 is 17.5 Å². The standard InChI is InChI=1S/C14H14FNO3S/c1-20(17,18)13-5-3-12(4-6-13)19-14-7-2-11(15)8-10(14)9-16/h2-8H,9,16H2,1H3. The minimum Gasteiger partial charge on any atom is -0.457 e. The number of rotatable bonds is 4. The van der Waals surface area contributed by atoms with Crippen LogP contribution in [0.1, 0.15) is 5.56 Å². The van der Waals surface area contributed by atoms with E-state index in [0.29, 0.717) is 17.1 Å². The van der Waals surface area contributed by atoms with E-state index in [-0.39, 0.29) is 17.3 Å². The Bertz CT molecular complexity index is 712. The third-order valence-corrected chi connectivity index (χ3v) is 3.85. The third-order valence-electron chi connectivity index (χ3n) is 2.72. The Hall–Kier alpha value is -1.92. The molecule has 0 aliphatic carbocycles. The zero-order valence-corrected chi connectivity index (χ0v) is 11.7. The van der Waals surface area contributed by atoms with E-state index in [1.54, 1.807) is 12.1 Å². The van der Waals surface area contributed by atoms with Crippen molar-refractivity contribution in [3.8, 4) is 11.5 Å². The highest BCUT2D eigenvalue weighted by Gasteiger charge is 2.08. The summed E-state index contributed by atoms with van der Waals surface area (Å²) < 4.78 is 41.3. The molecule has 2 rings (SSSR count). The molecule has 0 atom stereocenters. The molecular formula is C14H14FNO3S. The number of nitrogens with two attached hydrogens (primary N) is 1. The summed E-state index contributed by atoms with van der Waals surface area (Å²) in [6.07, 6.45) is 1.13. The van der Waals surface area contributed by atoms with Gasteiger partial charge < -0.3 is 10.5 Å². The highest BCUT2D eigenvalue weighted by atomic mass is 32.2. The molecule has 0 amide bonds. The van der Waals surface area contributed by atoms with Gasteiger partial charge in [0, 0.05) is 18.4 Å². The maximum Gasteiger partial charge on any atom is 0.175 e. The van der Waals surface area contributed by atoms with E-state index in [0.717, 1.165) is 6.26 Å². The molecular weight excluding hydrogens is 281 g/mol. The first kappa shape index (κ1) is 14.5. The Morgan fingerprint density at radius 2 is 1.80 bits per heavy atom. The lowest BCUT2D eigenvalue weighted by Crippen LogP contribution is -2.00. The number of halogens is 1. The van der Waals surface area contributed by atoms with Gasteiger partial charge in [-0.1, -0.05) is 0 Å². The van der Waals surface area contributed by atoms with Crippen molar-refractivity contribution in [3.63, 3.8) is 0 Å². The zero-order chi connectivity index (χ0) is 14.8. The third kappa shape index (κ3) is 3.34. The van der Waals surface area contributed by atoms with Crippen LogP contribution in [0.3, 0.4) is 0 Å². The summed E-state index contributed by atoms with van der Waals surface area (Å²) in [5.74, 6) is 0.518. The molecule has 0 fully saturated rings. The largest absolute Gasteiger partial charge is 0.457 e. The molecule has 0 heterocycles. The number of sulfone groups is 1. The lowest BCUT2D eigenvalue weighted by molar-refractivity contribution is 0.473. The van der Waals surface area contributed by atoms with Crippen LogP contribution in [-0.2, 0) is 16.4 Å². The van der Waals surface area contributed by atoms with Crippen LogP contribution in [0.15, 0.2) is 47.4 Å². The molecule has 2 N–H and O–H groups in total. The Labute approximate surface area is 116 Å². The fourth-order valence-electron chi connectivity index (χ4n) is 1.69. The average Bonchev–Trinajstić information content (AvgIpc) is 2.40. The summed E-state index contributed by atoms with van der Waals surface area (Å²) in [7, 11) is -3.24. The Morgan fingerprint density at radius 3 is 2.35 bits per heavy atom. The molecule has 106 valence electrons. The number of hydrogen-bond acceptors (Lipinski definition) is 4. The van der Waals surface area contributed by atoms with Gasteiger partial charge in [-0.2, -0.15) is 0 Å². The van der Waals surface area contributed by atoms with Crippen molar-refractivity contribution in [2.45, 2.75) is 11.4 Å². The molecule has 0 bridgehead atoms. The minimum absolute atomic E-state index is 0.147. The first-order valence-electron chi connectivity index (χ1n) is 5.86. The predicted molar refractivity (Wildman–Crippen MR) is 73.9 cm³/mol. The van der Waals surface area contributed by atoms with Gasteiger partial charge in [-0.15, -0.1) is 0 Å². The molecule has 0 unspecified atom stereocenters. The van der Waals surface area contributed by atoms with Crippen molar-refractivity contribution in [2.24, 2.45) is 5.73 Å². The molecule has 0 aliphatic rings. The number of benzene rings is 2. The van der Waals surface area contributed by atoms with E-state index >= 15 is 0 Å². The summed E-state index contributed by atoms with van der Waals surface area (Å²) in [6, 6.07) is 10.1. The monoisotopic (exact) mass is 295 g/mol. The summed E-state index contributed by atoms with van der Waals surface area (Å²) in [4.78, 5) is 0.211. The fourth-order valence-corrected chi connectivity index (χ4v) is 2.32. The molecule has 20 heavy (non-hydrogen) atoms. The first-order chi connectivity index (χ1) is 9.40. The predicted octanol–water partition coefficient (Wildman–Crippen LogP) is 2.48. The molecule has 0 saturated carbocycles. The van der Waals surface area contributed by atoms with Crippen molar-refractivity contribution in [1.29, 1.82) is 0 Å². The van der Waals surface area contributed by atoms with Crippen molar-refractivity contribution in [2.75, 3.05) is 6.26 Å². The van der Waals surface area contributed by atoms with Gasteiger partial charge in [0.25, 0.3) is 0 Å². The van der Waals surface area contributed by atoms with E-state index < -0.39 is 9.84 Å². The Kier molecular flexibility index (Phi) is 4.06. The van der Waals surface area contributed by atoms with Crippen LogP contribution in [-0.4, -0.2) is 14.7 Å². The first-order valence-corrected chi connectivity index (χ1v) is 7.76. The molecule has 4 nitrogen and oxygen atoms in total. The van der Waals surface area contributed by atoms with Crippen LogP contribution in [0.2, 0.25) is 0 Å². The van der Waals surface area contributed by atoms with Gasteiger partial charge in [-0.3, -0.25) is 0 Å². The van der Waals surface area contributed by atoms with Crippen molar-refractivity contribution in [3.05, 3.63) is 53.8 Å². The van der Waals surface area contributed by atoms with E-state index in [4.69, 9.17) is 10.5 Å². The summed E-state index contributed by atoms with van der Waals surface area (Å²) in [6.45, 7) is 0.147. The lowest BCUT2D eigenvalue weighted by atomic mass is 10.2. The molecule has 0 spiro atoms. The molecule has 0 saturated heterocycles. The summed E-state index contributed by atoms with van der Waals surface area (Å²) in [5.41, 5.74) is 6.07. The summed E-state index contributed by atoms with van der Waals surface area (Å²) in [5, 5.41) is 0. The molecule has 2 aromatic carbocycles. The SMILES string of the molecule is CS(=O)(=O)c1ccc(Oc2ccc(F)cc2CN)cc1. The molecule has 0 aromatic heterocycles. The van der Waals surface area contributed by atoms with Crippen LogP contribution in [0, 0.1) is 5.82 Å². The Balaban J connectivity index is 2.27. The summed E-state index contributed by atoms with van der Waals surface area (Å²) >= 11 is 0. The van der Waals surface area contributed by atoms with Gasteiger partial charge in [0.2, 0.25) is 0 Å². The van der Waals surface area contributed by atoms with Crippen LogP contribution >= 0.6 is 0 Å². The maximum absolute atomic E-state index is 13.1. The number of hydrogen-bond donors (Lipinski definition) is 1. The molecule has 6 heteroatoms. The normalized spacial score (nSPS) is 11.3. The highest BCUT2D eigenvalue weighted by Crippen LogP contribution is 2.26. The molecule has 2 aromatic rings. The van der Waals surface area contributed by atoms with Crippen LogP contribution < -0.4 is 10.5 Å². The van der Waals surface area contributed by atoms with Crippen LogP contribution in [0.25, 0.3) is 0 Å². The molecule has 0 radical (unpaired) electrons. The minimum atomic E-state index is -3.24. The van der Waals surface area contributed by atoms with E-state index in [2.05, 4.69) is 0 Å². The van der Waals surface area contributed by atoms with Crippen molar-refractivity contribution in [1.82, 2.24) is 0 Å². The quantitative estimate of drug-likeness (QED) is 0.940. The van der Waals surface area contributed by atoms with Gasteiger partial charge in [-0.25, -0.2) is 12.8 Å². The van der Waals surface area contributed by atoms with Crippen molar-refractivity contribution >= 4 is 9.84 Å². The van der Waals surface area contributed by atoms with E-state index in [1.807, 2.05) is 0 Å². The van der Waals surface area contributed by atoms with Gasteiger partial charge >= 0.3 is 0 Å². The second-order valence-electron chi connectivity index (χ2n) is 4.30. The second kappa shape index (κ2) is 5.60. The second-order valence-corrected chi connectivity index (χ2v) is 6.32. The number of ether oxygens (including phenoxy) is 1. The van der Waals surface area contributed by atoms with Gasteiger partial charge in [0.15, 0.2) is 9.84 Å². The van der Waals surface area contributed by atoms with Gasteiger partial charge in [0.1, 0.15) is 17.3 Å². The smallest absolute Gasteiger partial charge is 0.175 e. The zero-order valence-electron chi connectivity index (χ0n) is 10.8. The maximum atomic E-state index is 13.1. The van der Waals surface area contributed by atoms with Gasteiger partial charge in [-0.05, 0) is 42.5 Å². The van der Waals surface area contributed by atoms with E-state index in [1.165, 1.54) is 30.3 Å².